The molecule has 0 spiro atoms. The highest BCUT2D eigenvalue weighted by Gasteiger charge is 2.18. The number of benzene rings is 2. The first-order valence-corrected chi connectivity index (χ1v) is 12.7. The number of aryl methyl sites for hydroxylation is 2. The van der Waals surface area contributed by atoms with Gasteiger partial charge >= 0.3 is 0 Å². The summed E-state index contributed by atoms with van der Waals surface area (Å²) in [6, 6.07) is 14.5. The van der Waals surface area contributed by atoms with Gasteiger partial charge in [0.2, 0.25) is 5.88 Å². The smallest absolute Gasteiger partial charge is 0.278 e. The maximum atomic E-state index is 12.3. The van der Waals surface area contributed by atoms with Crippen molar-refractivity contribution in [3.05, 3.63) is 74.9 Å². The molecule has 0 aliphatic rings. The van der Waals surface area contributed by atoms with E-state index < -0.39 is 12.5 Å². The number of amides is 2. The summed E-state index contributed by atoms with van der Waals surface area (Å²) in [5.41, 5.74) is 6.03. The second-order valence-electron chi connectivity index (χ2n) is 8.41. The number of halogens is 1. The van der Waals surface area contributed by atoms with E-state index in [4.69, 9.17) is 18.9 Å². The second-order valence-corrected chi connectivity index (χ2v) is 9.21. The van der Waals surface area contributed by atoms with Gasteiger partial charge in [-0.25, -0.2) is 10.4 Å². The highest BCUT2D eigenvalue weighted by molar-refractivity contribution is 9.10. The van der Waals surface area contributed by atoms with E-state index in [2.05, 4.69) is 36.8 Å². The zero-order chi connectivity index (χ0) is 29.1. The Morgan fingerprint density at radius 1 is 1.07 bits per heavy atom. The highest BCUT2D eigenvalue weighted by atomic mass is 79.9. The fourth-order valence-electron chi connectivity index (χ4n) is 3.51. The zero-order valence-electron chi connectivity index (χ0n) is 22.4. The monoisotopic (exact) mass is 609 g/mol. The first kappa shape index (κ1) is 30.1. The summed E-state index contributed by atoms with van der Waals surface area (Å²) in [5, 5.41) is 16.3. The molecule has 1 heterocycles. The number of hydrazone groups is 1. The van der Waals surface area contributed by atoms with E-state index in [0.717, 1.165) is 5.56 Å². The minimum Gasteiger partial charge on any atom is -0.493 e. The first-order valence-electron chi connectivity index (χ1n) is 12.0. The lowest BCUT2D eigenvalue weighted by Crippen LogP contribution is -2.25. The molecule has 2 amide bonds. The van der Waals surface area contributed by atoms with Crippen LogP contribution in [0.1, 0.15) is 27.9 Å². The molecule has 3 rings (SSSR count). The predicted molar refractivity (Wildman–Crippen MR) is 152 cm³/mol. The molecule has 0 radical (unpaired) electrons. The minimum atomic E-state index is -0.553. The zero-order valence-corrected chi connectivity index (χ0v) is 24.0. The van der Waals surface area contributed by atoms with Gasteiger partial charge in [-0.1, -0.05) is 12.1 Å². The number of aromatic nitrogens is 1. The first-order chi connectivity index (χ1) is 19.2. The van der Waals surface area contributed by atoms with Gasteiger partial charge in [-0.2, -0.15) is 10.4 Å². The average Bonchev–Trinajstić information content (AvgIpc) is 2.93. The molecule has 0 saturated carbocycles. The number of carbonyl (C=O) groups excluding carboxylic acids is 2. The predicted octanol–water partition coefficient (Wildman–Crippen LogP) is 4.03. The van der Waals surface area contributed by atoms with Crippen molar-refractivity contribution in [3.63, 3.8) is 0 Å². The molecule has 0 atom stereocenters. The molecule has 2 aromatic carbocycles. The number of hydrogen-bond acceptors (Lipinski definition) is 9. The van der Waals surface area contributed by atoms with Crippen LogP contribution in [0.3, 0.4) is 0 Å². The number of carbonyl (C=O) groups is 2. The quantitative estimate of drug-likeness (QED) is 0.231. The van der Waals surface area contributed by atoms with Crippen LogP contribution in [0.15, 0.2) is 52.0 Å². The van der Waals surface area contributed by atoms with Gasteiger partial charge in [0.1, 0.15) is 11.6 Å². The van der Waals surface area contributed by atoms with Gasteiger partial charge in [0.25, 0.3) is 11.8 Å². The highest BCUT2D eigenvalue weighted by Crippen LogP contribution is 2.30. The Morgan fingerprint density at radius 3 is 2.55 bits per heavy atom. The lowest BCUT2D eigenvalue weighted by Gasteiger charge is -2.13. The van der Waals surface area contributed by atoms with Crippen molar-refractivity contribution < 1.29 is 28.5 Å². The van der Waals surface area contributed by atoms with Crippen molar-refractivity contribution in [2.24, 2.45) is 5.10 Å². The molecular formula is C28H28BrN5O6. The molecule has 12 heteroatoms. The maximum Gasteiger partial charge on any atom is 0.278 e. The molecule has 0 aliphatic heterocycles. The van der Waals surface area contributed by atoms with Crippen molar-refractivity contribution in [1.29, 1.82) is 5.26 Å². The number of ether oxygens (including phenoxy) is 4. The summed E-state index contributed by atoms with van der Waals surface area (Å²) < 4.78 is 22.3. The number of anilines is 1. The van der Waals surface area contributed by atoms with Gasteiger partial charge in [-0.3, -0.25) is 9.59 Å². The van der Waals surface area contributed by atoms with Crippen LogP contribution >= 0.6 is 15.9 Å². The Balaban J connectivity index is 1.55. The molecule has 0 saturated heterocycles. The van der Waals surface area contributed by atoms with Crippen LogP contribution in [-0.2, 0) is 20.9 Å². The summed E-state index contributed by atoms with van der Waals surface area (Å²) in [5.74, 6) is -0.0809. The van der Waals surface area contributed by atoms with Crippen molar-refractivity contribution in [2.45, 2.75) is 20.5 Å². The Kier molecular flexibility index (Phi) is 11.0. The number of nitrogens with one attached hydrogen (secondary N) is 2. The van der Waals surface area contributed by atoms with E-state index in [0.29, 0.717) is 38.5 Å². The van der Waals surface area contributed by atoms with Crippen LogP contribution in [-0.4, -0.2) is 50.4 Å². The number of nitrogens with zero attached hydrogens (tertiary/aromatic N) is 3. The Bertz CT molecular complexity index is 1450. The molecule has 1 aromatic heterocycles. The summed E-state index contributed by atoms with van der Waals surface area (Å²) in [4.78, 5) is 28.8. The molecular weight excluding hydrogens is 582 g/mol. The maximum absolute atomic E-state index is 12.3. The SMILES string of the molecule is COCc1c(Br)c(C)nc(OCC(=O)N/N=C\c2ccc(OCC(=O)Nc3cccc(C)c3)c(OC)c2)c1C#N. The molecule has 3 aromatic rings. The third-order valence-corrected chi connectivity index (χ3v) is 6.41. The topological polar surface area (TPSA) is 144 Å². The average molecular weight is 610 g/mol. The van der Waals surface area contributed by atoms with Gasteiger partial charge in [0.05, 0.1) is 25.6 Å². The summed E-state index contributed by atoms with van der Waals surface area (Å²) >= 11 is 3.41. The fraction of sp³-hybridized carbons (Fsp3) is 0.250. The third-order valence-electron chi connectivity index (χ3n) is 5.36. The van der Waals surface area contributed by atoms with E-state index >= 15 is 0 Å². The third kappa shape index (κ3) is 8.26. The van der Waals surface area contributed by atoms with Crippen molar-refractivity contribution in [1.82, 2.24) is 10.4 Å². The standard InChI is InChI=1S/C28H28BrN5O6/c1-17-6-5-7-20(10-17)33-25(35)15-39-23-9-8-19(11-24(23)38-4)13-31-34-26(36)16-40-28-21(12-30)22(14-37-3)27(29)18(2)32-28/h5-11,13H,14-16H2,1-4H3,(H,33,35)(H,34,36)/b31-13-. The lowest BCUT2D eigenvalue weighted by molar-refractivity contribution is -0.123. The van der Waals surface area contributed by atoms with Crippen LogP contribution in [0.2, 0.25) is 0 Å². The van der Waals surface area contributed by atoms with Crippen molar-refractivity contribution in [3.8, 4) is 23.4 Å². The molecule has 11 nitrogen and oxygen atoms in total. The normalized spacial score (nSPS) is 10.6. The fourth-order valence-corrected chi connectivity index (χ4v) is 3.91. The molecule has 40 heavy (non-hydrogen) atoms. The van der Waals surface area contributed by atoms with E-state index in [-0.39, 0.29) is 30.6 Å². The van der Waals surface area contributed by atoms with E-state index in [1.807, 2.05) is 31.2 Å². The number of rotatable bonds is 12. The van der Waals surface area contributed by atoms with Crippen molar-refractivity contribution >= 4 is 39.6 Å². The van der Waals surface area contributed by atoms with Crippen LogP contribution in [0.4, 0.5) is 5.69 Å². The second kappa shape index (κ2) is 14.6. The van der Waals surface area contributed by atoms with Gasteiger partial charge in [0.15, 0.2) is 24.7 Å². The number of pyridine rings is 1. The number of methoxy groups -OCH3 is 2. The van der Waals surface area contributed by atoms with Crippen molar-refractivity contribution in [2.75, 3.05) is 32.8 Å². The Hall–Kier alpha value is -4.47. The van der Waals surface area contributed by atoms with E-state index in [1.165, 1.54) is 20.4 Å². The van der Waals surface area contributed by atoms with Gasteiger partial charge < -0.3 is 24.3 Å². The minimum absolute atomic E-state index is 0.0299. The summed E-state index contributed by atoms with van der Waals surface area (Å²) in [6.07, 6.45) is 1.41. The lowest BCUT2D eigenvalue weighted by atomic mass is 10.1. The molecule has 0 fully saturated rings. The van der Waals surface area contributed by atoms with E-state index in [1.54, 1.807) is 31.2 Å². The Labute approximate surface area is 240 Å². The molecule has 0 bridgehead atoms. The van der Waals surface area contributed by atoms with Gasteiger partial charge in [0, 0.05) is 22.8 Å². The van der Waals surface area contributed by atoms with Gasteiger partial charge in [-0.15, -0.1) is 0 Å². The number of nitriles is 1. The molecule has 2 N–H and O–H groups in total. The largest absolute Gasteiger partial charge is 0.493 e. The van der Waals surface area contributed by atoms with Crippen LogP contribution in [0.5, 0.6) is 17.4 Å². The molecule has 0 aliphatic carbocycles. The van der Waals surface area contributed by atoms with Crippen LogP contribution in [0.25, 0.3) is 0 Å². The van der Waals surface area contributed by atoms with E-state index in [9.17, 15) is 14.9 Å². The summed E-state index contributed by atoms with van der Waals surface area (Å²) in [6.45, 7) is 3.24. The number of hydrogen-bond donors (Lipinski definition) is 2. The molecule has 0 unspecified atom stereocenters. The van der Waals surface area contributed by atoms with Crippen LogP contribution in [0, 0.1) is 25.2 Å². The van der Waals surface area contributed by atoms with Gasteiger partial charge in [-0.05, 0) is 71.2 Å². The molecule has 208 valence electrons. The van der Waals surface area contributed by atoms with Crippen LogP contribution < -0.4 is 25.0 Å². The summed E-state index contributed by atoms with van der Waals surface area (Å²) in [7, 11) is 2.98. The Morgan fingerprint density at radius 2 is 1.85 bits per heavy atom.